The fraction of sp³-hybridized carbons (Fsp3) is 0.258. The van der Waals surface area contributed by atoms with Crippen molar-refractivity contribution < 1.29 is 4.79 Å². The lowest BCUT2D eigenvalue weighted by Gasteiger charge is -2.40. The van der Waals surface area contributed by atoms with E-state index in [-0.39, 0.29) is 11.9 Å². The zero-order chi connectivity index (χ0) is 24.9. The minimum absolute atomic E-state index is 0.0291. The Hall–Kier alpha value is -3.83. The van der Waals surface area contributed by atoms with Crippen molar-refractivity contribution in [2.75, 3.05) is 56.6 Å². The van der Waals surface area contributed by atoms with Crippen LogP contribution in [0.15, 0.2) is 97.1 Å². The summed E-state index contributed by atoms with van der Waals surface area (Å²) in [6, 6.07) is 33.5. The summed E-state index contributed by atoms with van der Waals surface area (Å²) in [6.07, 6.45) is 0. The first-order valence-electron chi connectivity index (χ1n) is 12.7. The molecule has 1 saturated heterocycles. The van der Waals surface area contributed by atoms with Gasteiger partial charge in [-0.2, -0.15) is 0 Å². The Morgan fingerprint density at radius 3 is 2.17 bits per heavy atom. The summed E-state index contributed by atoms with van der Waals surface area (Å²) in [4.78, 5) is 20.2. The highest BCUT2D eigenvalue weighted by molar-refractivity contribution is 5.98. The third-order valence-electron chi connectivity index (χ3n) is 7.14. The number of benzene rings is 4. The first-order valence-corrected chi connectivity index (χ1v) is 12.7. The van der Waals surface area contributed by atoms with Gasteiger partial charge in [-0.3, -0.25) is 9.69 Å². The molecule has 1 aliphatic heterocycles. The van der Waals surface area contributed by atoms with Crippen LogP contribution >= 0.6 is 0 Å². The third kappa shape index (κ3) is 5.37. The molecule has 1 atom stereocenters. The molecule has 1 fully saturated rings. The molecule has 1 unspecified atom stereocenters. The maximum absolute atomic E-state index is 13.1. The second kappa shape index (κ2) is 10.8. The number of nitrogens with one attached hydrogen (secondary N) is 1. The van der Waals surface area contributed by atoms with Gasteiger partial charge in [0.05, 0.1) is 6.04 Å². The van der Waals surface area contributed by atoms with E-state index in [0.717, 1.165) is 37.0 Å². The van der Waals surface area contributed by atoms with Crippen LogP contribution in [0.4, 0.5) is 11.4 Å². The number of fused-ring (bicyclic) bond motifs is 1. The highest BCUT2D eigenvalue weighted by atomic mass is 16.1. The zero-order valence-electron chi connectivity index (χ0n) is 21.1. The number of nitrogens with zero attached hydrogens (tertiary/aromatic N) is 3. The molecular formula is C31H34N4O. The van der Waals surface area contributed by atoms with E-state index in [1.54, 1.807) is 0 Å². The number of anilines is 2. The van der Waals surface area contributed by atoms with Gasteiger partial charge < -0.3 is 15.1 Å². The Morgan fingerprint density at radius 1 is 0.806 bits per heavy atom. The fourth-order valence-electron chi connectivity index (χ4n) is 5.00. The highest BCUT2D eigenvalue weighted by Gasteiger charge is 2.26. The quantitative estimate of drug-likeness (QED) is 0.396. The first-order chi connectivity index (χ1) is 17.6. The average molecular weight is 479 g/mol. The first kappa shape index (κ1) is 23.9. The van der Waals surface area contributed by atoms with E-state index < -0.39 is 0 Å². The Bertz CT molecular complexity index is 1300. The molecule has 0 radical (unpaired) electrons. The molecule has 0 aliphatic carbocycles. The van der Waals surface area contributed by atoms with Gasteiger partial charge in [-0.15, -0.1) is 0 Å². The van der Waals surface area contributed by atoms with Gasteiger partial charge in [0.2, 0.25) is 0 Å². The van der Waals surface area contributed by atoms with E-state index in [2.05, 4.69) is 94.8 Å². The van der Waals surface area contributed by atoms with Crippen LogP contribution in [0.5, 0.6) is 0 Å². The number of hydrogen-bond donors (Lipinski definition) is 1. The molecule has 4 aromatic carbocycles. The number of amides is 1. The van der Waals surface area contributed by atoms with Crippen LogP contribution in [0.2, 0.25) is 0 Å². The Kier molecular flexibility index (Phi) is 7.19. The summed E-state index contributed by atoms with van der Waals surface area (Å²) in [5.74, 6) is -0.0291. The Labute approximate surface area is 213 Å². The molecule has 4 aromatic rings. The molecule has 1 aliphatic rings. The molecule has 0 aromatic heterocycles. The molecule has 5 nitrogen and oxygen atoms in total. The molecule has 184 valence electrons. The van der Waals surface area contributed by atoms with Crippen LogP contribution in [0.25, 0.3) is 10.8 Å². The summed E-state index contributed by atoms with van der Waals surface area (Å²) in [5, 5.41) is 5.46. The van der Waals surface area contributed by atoms with Gasteiger partial charge in [0.25, 0.3) is 5.91 Å². The molecular weight excluding hydrogens is 444 g/mol. The van der Waals surface area contributed by atoms with Gasteiger partial charge in [0, 0.05) is 63.8 Å². The lowest BCUT2D eigenvalue weighted by atomic mass is 10.0. The highest BCUT2D eigenvalue weighted by Crippen LogP contribution is 2.26. The SMILES string of the molecule is CN(C)c1ccc(C(CNC(=O)c2ccc3ccccc3c2)N2CCN(c3ccccc3)CC2)cc1. The predicted octanol–water partition coefficient (Wildman–Crippen LogP) is 5.20. The predicted molar refractivity (Wildman–Crippen MR) is 150 cm³/mol. The van der Waals surface area contributed by atoms with Crippen molar-refractivity contribution in [3.63, 3.8) is 0 Å². The van der Waals surface area contributed by atoms with Gasteiger partial charge in [0.15, 0.2) is 0 Å². The second-order valence-electron chi connectivity index (χ2n) is 9.63. The van der Waals surface area contributed by atoms with Gasteiger partial charge >= 0.3 is 0 Å². The normalized spacial score (nSPS) is 15.0. The van der Waals surface area contributed by atoms with Gasteiger partial charge in [-0.1, -0.05) is 60.7 Å². The van der Waals surface area contributed by atoms with Crippen molar-refractivity contribution in [3.05, 3.63) is 108 Å². The molecule has 5 rings (SSSR count). The zero-order valence-corrected chi connectivity index (χ0v) is 21.1. The molecule has 5 heteroatoms. The molecule has 36 heavy (non-hydrogen) atoms. The number of piperazine rings is 1. The van der Waals surface area contributed by atoms with Crippen LogP contribution in [-0.2, 0) is 0 Å². The van der Waals surface area contributed by atoms with Crippen LogP contribution in [0.3, 0.4) is 0 Å². The van der Waals surface area contributed by atoms with E-state index in [9.17, 15) is 4.79 Å². The standard InChI is InChI=1S/C31H34N4O/c1-33(2)28-16-14-25(15-17-28)30(35-20-18-34(19-21-35)29-10-4-3-5-11-29)23-32-31(36)27-13-12-24-8-6-7-9-26(24)22-27/h3-17,22,30H,18-21,23H2,1-2H3,(H,32,36). The van der Waals surface area contributed by atoms with Crippen LogP contribution < -0.4 is 15.1 Å². The monoisotopic (exact) mass is 478 g/mol. The van der Waals surface area contributed by atoms with E-state index >= 15 is 0 Å². The second-order valence-corrected chi connectivity index (χ2v) is 9.63. The fourth-order valence-corrected chi connectivity index (χ4v) is 5.00. The van der Waals surface area contributed by atoms with Gasteiger partial charge in [0.1, 0.15) is 0 Å². The number of hydrogen-bond acceptors (Lipinski definition) is 4. The number of para-hydroxylation sites is 1. The average Bonchev–Trinajstić information content (AvgIpc) is 2.94. The summed E-state index contributed by atoms with van der Waals surface area (Å²) in [5.41, 5.74) is 4.37. The molecule has 1 heterocycles. The minimum Gasteiger partial charge on any atom is -0.378 e. The van der Waals surface area contributed by atoms with Crippen molar-refractivity contribution in [2.45, 2.75) is 6.04 Å². The summed E-state index contributed by atoms with van der Waals surface area (Å²) in [7, 11) is 4.11. The molecule has 0 spiro atoms. The Morgan fingerprint density at radius 2 is 1.47 bits per heavy atom. The maximum Gasteiger partial charge on any atom is 0.251 e. The van der Waals surface area contributed by atoms with Gasteiger partial charge in [-0.25, -0.2) is 0 Å². The van der Waals surface area contributed by atoms with Crippen molar-refractivity contribution in [1.29, 1.82) is 0 Å². The van der Waals surface area contributed by atoms with E-state index in [0.29, 0.717) is 12.1 Å². The smallest absolute Gasteiger partial charge is 0.251 e. The van der Waals surface area contributed by atoms with Crippen molar-refractivity contribution >= 4 is 28.1 Å². The summed E-state index contributed by atoms with van der Waals surface area (Å²) >= 11 is 0. The van der Waals surface area contributed by atoms with Gasteiger partial charge in [-0.05, 0) is 52.7 Å². The van der Waals surface area contributed by atoms with Crippen LogP contribution in [0, 0.1) is 0 Å². The number of carbonyl (C=O) groups excluding carboxylic acids is 1. The van der Waals surface area contributed by atoms with Crippen molar-refractivity contribution in [3.8, 4) is 0 Å². The topological polar surface area (TPSA) is 38.8 Å². The molecule has 0 saturated carbocycles. The minimum atomic E-state index is -0.0291. The third-order valence-corrected chi connectivity index (χ3v) is 7.14. The molecule has 1 amide bonds. The summed E-state index contributed by atoms with van der Waals surface area (Å²) < 4.78 is 0. The maximum atomic E-state index is 13.1. The van der Waals surface area contributed by atoms with Crippen molar-refractivity contribution in [1.82, 2.24) is 10.2 Å². The molecule has 0 bridgehead atoms. The lowest BCUT2D eigenvalue weighted by Crippen LogP contribution is -2.50. The summed E-state index contributed by atoms with van der Waals surface area (Å²) in [6.45, 7) is 4.39. The lowest BCUT2D eigenvalue weighted by molar-refractivity contribution is 0.0930. The van der Waals surface area contributed by atoms with Crippen LogP contribution in [-0.4, -0.2) is 57.6 Å². The van der Waals surface area contributed by atoms with E-state index in [1.807, 2.05) is 36.4 Å². The van der Waals surface area contributed by atoms with Crippen LogP contribution in [0.1, 0.15) is 22.0 Å². The molecule has 1 N–H and O–H groups in total. The largest absolute Gasteiger partial charge is 0.378 e. The van der Waals surface area contributed by atoms with E-state index in [1.165, 1.54) is 16.9 Å². The van der Waals surface area contributed by atoms with E-state index in [4.69, 9.17) is 0 Å². The number of rotatable bonds is 7. The number of carbonyl (C=O) groups is 1. The van der Waals surface area contributed by atoms with Crippen molar-refractivity contribution in [2.24, 2.45) is 0 Å². The Balaban J connectivity index is 1.32.